The average molecular weight is 265 g/mol. The maximum absolute atomic E-state index is 11.7. The van der Waals surface area contributed by atoms with Gasteiger partial charge in [-0.25, -0.2) is 0 Å². The van der Waals surface area contributed by atoms with Gasteiger partial charge in [-0.3, -0.25) is 9.48 Å². The molecule has 106 valence electrons. The van der Waals surface area contributed by atoms with Gasteiger partial charge in [0, 0.05) is 18.7 Å². The van der Waals surface area contributed by atoms with Gasteiger partial charge in [0.15, 0.2) is 0 Å². The lowest BCUT2D eigenvalue weighted by Gasteiger charge is -2.33. The van der Waals surface area contributed by atoms with E-state index in [4.69, 9.17) is 0 Å². The highest BCUT2D eigenvalue weighted by molar-refractivity contribution is 5.75. The Bertz CT molecular complexity index is 448. The fourth-order valence-electron chi connectivity index (χ4n) is 2.82. The second kappa shape index (κ2) is 5.74. The smallest absolute Gasteiger partial charge is 0.310 e. The number of hydrogen-bond donors (Lipinski definition) is 2. The summed E-state index contributed by atoms with van der Waals surface area (Å²) in [6.07, 6.45) is 2.86. The van der Waals surface area contributed by atoms with Gasteiger partial charge in [0.2, 0.25) is 0 Å². The van der Waals surface area contributed by atoms with Gasteiger partial charge in [-0.15, -0.1) is 0 Å². The second-order valence-corrected chi connectivity index (χ2v) is 5.31. The first-order valence-electron chi connectivity index (χ1n) is 7.11. The summed E-state index contributed by atoms with van der Waals surface area (Å²) in [5, 5.41) is 17.4. The van der Waals surface area contributed by atoms with Crippen LogP contribution in [0.5, 0.6) is 0 Å². The van der Waals surface area contributed by atoms with Crippen LogP contribution in [0.3, 0.4) is 0 Å². The molecule has 1 aromatic rings. The lowest BCUT2D eigenvalue weighted by Crippen LogP contribution is -2.44. The van der Waals surface area contributed by atoms with Gasteiger partial charge in [-0.1, -0.05) is 6.92 Å². The summed E-state index contributed by atoms with van der Waals surface area (Å²) >= 11 is 0. The number of hydrogen-bond acceptors (Lipinski definition) is 3. The quantitative estimate of drug-likeness (QED) is 0.846. The summed E-state index contributed by atoms with van der Waals surface area (Å²) < 4.78 is 1.95. The lowest BCUT2D eigenvalue weighted by molar-refractivity contribution is -0.150. The standard InChI is InChI=1S/C14H23N3O2/c1-3-11-9-12(17(4-2)16-11)10-14(13(18)19)5-7-15-8-6-14/h9,15H,3-8,10H2,1-2H3,(H,18,19). The van der Waals surface area contributed by atoms with Crippen LogP contribution in [0.2, 0.25) is 0 Å². The molecule has 0 aromatic carbocycles. The molecule has 2 N–H and O–H groups in total. The van der Waals surface area contributed by atoms with E-state index in [0.717, 1.165) is 37.4 Å². The van der Waals surface area contributed by atoms with E-state index < -0.39 is 11.4 Å². The summed E-state index contributed by atoms with van der Waals surface area (Å²) in [7, 11) is 0. The summed E-state index contributed by atoms with van der Waals surface area (Å²) in [6.45, 7) is 6.49. The van der Waals surface area contributed by atoms with Gasteiger partial charge in [-0.05, 0) is 45.3 Å². The number of piperidine rings is 1. The first kappa shape index (κ1) is 14.1. The van der Waals surface area contributed by atoms with Crippen LogP contribution in [0.15, 0.2) is 6.07 Å². The van der Waals surface area contributed by atoms with Gasteiger partial charge in [0.1, 0.15) is 0 Å². The van der Waals surface area contributed by atoms with Crippen molar-refractivity contribution in [2.24, 2.45) is 5.41 Å². The molecule has 2 rings (SSSR count). The van der Waals surface area contributed by atoms with Gasteiger partial charge in [0.25, 0.3) is 0 Å². The summed E-state index contributed by atoms with van der Waals surface area (Å²) in [6, 6.07) is 2.07. The number of aliphatic carboxylic acids is 1. The SMILES string of the molecule is CCc1cc(CC2(C(=O)O)CCNCC2)n(CC)n1. The van der Waals surface area contributed by atoms with E-state index in [-0.39, 0.29) is 0 Å². The molecule has 1 fully saturated rings. The molecule has 0 spiro atoms. The molecule has 0 aliphatic carbocycles. The number of nitrogens with one attached hydrogen (secondary N) is 1. The van der Waals surface area contributed by atoms with Crippen molar-refractivity contribution >= 4 is 5.97 Å². The highest BCUT2D eigenvalue weighted by atomic mass is 16.4. The highest BCUT2D eigenvalue weighted by Crippen LogP contribution is 2.33. The Morgan fingerprint density at radius 3 is 2.68 bits per heavy atom. The molecule has 19 heavy (non-hydrogen) atoms. The number of carboxylic acid groups (broad SMARTS) is 1. The van der Waals surface area contributed by atoms with Crippen LogP contribution in [0.25, 0.3) is 0 Å². The molecule has 0 amide bonds. The molecule has 1 saturated heterocycles. The zero-order valence-corrected chi connectivity index (χ0v) is 11.8. The Morgan fingerprint density at radius 2 is 2.16 bits per heavy atom. The number of rotatable bonds is 5. The van der Waals surface area contributed by atoms with Crippen molar-refractivity contribution in [1.82, 2.24) is 15.1 Å². The minimum atomic E-state index is -0.670. The molecule has 1 aromatic heterocycles. The molecule has 5 nitrogen and oxygen atoms in total. The maximum Gasteiger partial charge on any atom is 0.310 e. The summed E-state index contributed by atoms with van der Waals surface area (Å²) in [5.41, 5.74) is 1.48. The number of carbonyl (C=O) groups is 1. The van der Waals surface area contributed by atoms with E-state index in [2.05, 4.69) is 23.4 Å². The van der Waals surface area contributed by atoms with E-state index in [1.165, 1.54) is 0 Å². The fourth-order valence-corrected chi connectivity index (χ4v) is 2.82. The molecular weight excluding hydrogens is 242 g/mol. The van der Waals surface area contributed by atoms with Crippen LogP contribution in [0.4, 0.5) is 0 Å². The minimum absolute atomic E-state index is 0.588. The van der Waals surface area contributed by atoms with Crippen molar-refractivity contribution in [1.29, 1.82) is 0 Å². The molecule has 0 atom stereocenters. The third kappa shape index (κ3) is 2.81. The van der Waals surface area contributed by atoms with Gasteiger partial charge >= 0.3 is 5.97 Å². The molecular formula is C14H23N3O2. The Kier molecular flexibility index (Phi) is 4.24. The Balaban J connectivity index is 2.26. The normalized spacial score (nSPS) is 18.4. The molecule has 2 heterocycles. The molecule has 0 unspecified atom stereocenters. The molecule has 0 saturated carbocycles. The summed E-state index contributed by atoms with van der Waals surface area (Å²) in [5.74, 6) is -0.670. The predicted molar refractivity (Wildman–Crippen MR) is 73.2 cm³/mol. The average Bonchev–Trinajstić information content (AvgIpc) is 2.81. The van der Waals surface area contributed by atoms with E-state index in [1.54, 1.807) is 0 Å². The Labute approximate surface area is 114 Å². The van der Waals surface area contributed by atoms with Gasteiger partial charge in [0.05, 0.1) is 11.1 Å². The first-order valence-corrected chi connectivity index (χ1v) is 7.11. The van der Waals surface area contributed by atoms with Crippen molar-refractivity contribution in [2.75, 3.05) is 13.1 Å². The van der Waals surface area contributed by atoms with Crippen LogP contribution in [-0.2, 0) is 24.2 Å². The number of carboxylic acids is 1. The Morgan fingerprint density at radius 1 is 1.47 bits per heavy atom. The zero-order valence-electron chi connectivity index (χ0n) is 11.8. The molecule has 1 aliphatic rings. The van der Waals surface area contributed by atoms with Crippen molar-refractivity contribution in [3.8, 4) is 0 Å². The topological polar surface area (TPSA) is 67.2 Å². The van der Waals surface area contributed by atoms with Crippen LogP contribution in [0, 0.1) is 5.41 Å². The second-order valence-electron chi connectivity index (χ2n) is 5.31. The van der Waals surface area contributed by atoms with Crippen LogP contribution < -0.4 is 5.32 Å². The van der Waals surface area contributed by atoms with Crippen molar-refractivity contribution in [3.63, 3.8) is 0 Å². The minimum Gasteiger partial charge on any atom is -0.481 e. The molecule has 5 heteroatoms. The molecule has 0 radical (unpaired) electrons. The van der Waals surface area contributed by atoms with E-state index in [1.807, 2.05) is 11.6 Å². The molecule has 1 aliphatic heterocycles. The third-order valence-electron chi connectivity index (χ3n) is 4.11. The van der Waals surface area contributed by atoms with Gasteiger partial charge < -0.3 is 10.4 Å². The van der Waals surface area contributed by atoms with Crippen LogP contribution in [0.1, 0.15) is 38.1 Å². The number of aromatic nitrogens is 2. The highest BCUT2D eigenvalue weighted by Gasteiger charge is 2.40. The lowest BCUT2D eigenvalue weighted by atomic mass is 9.75. The van der Waals surface area contributed by atoms with E-state index >= 15 is 0 Å². The van der Waals surface area contributed by atoms with Crippen LogP contribution in [-0.4, -0.2) is 33.9 Å². The van der Waals surface area contributed by atoms with E-state index in [0.29, 0.717) is 19.3 Å². The Hall–Kier alpha value is -1.36. The maximum atomic E-state index is 11.7. The fraction of sp³-hybridized carbons (Fsp3) is 0.714. The third-order valence-corrected chi connectivity index (χ3v) is 4.11. The van der Waals surface area contributed by atoms with Crippen molar-refractivity contribution in [3.05, 3.63) is 17.5 Å². The van der Waals surface area contributed by atoms with Crippen molar-refractivity contribution in [2.45, 2.75) is 46.1 Å². The van der Waals surface area contributed by atoms with E-state index in [9.17, 15) is 9.90 Å². The predicted octanol–water partition coefficient (Wildman–Crippen LogP) is 1.46. The zero-order chi connectivity index (χ0) is 13.9. The van der Waals surface area contributed by atoms with Crippen LogP contribution >= 0.6 is 0 Å². The van der Waals surface area contributed by atoms with Crippen molar-refractivity contribution < 1.29 is 9.90 Å². The monoisotopic (exact) mass is 265 g/mol. The summed E-state index contributed by atoms with van der Waals surface area (Å²) in [4.78, 5) is 11.7. The van der Waals surface area contributed by atoms with Gasteiger partial charge in [-0.2, -0.15) is 5.10 Å². The largest absolute Gasteiger partial charge is 0.481 e. The first-order chi connectivity index (χ1) is 9.11. The number of aryl methyl sites for hydroxylation is 2. The number of nitrogens with zero attached hydrogens (tertiary/aromatic N) is 2. The molecule has 0 bridgehead atoms.